The van der Waals surface area contributed by atoms with Gasteiger partial charge in [0.1, 0.15) is 0 Å². The van der Waals surface area contributed by atoms with Gasteiger partial charge >= 0.3 is 0 Å². The molecule has 0 aliphatic heterocycles. The molecule has 2 rings (SSSR count). The Kier molecular flexibility index (Phi) is 7.89. The minimum absolute atomic E-state index is 0.00428. The van der Waals surface area contributed by atoms with Crippen molar-refractivity contribution in [1.29, 1.82) is 0 Å². The van der Waals surface area contributed by atoms with Gasteiger partial charge in [0.15, 0.2) is 5.96 Å². The minimum atomic E-state index is -0.00428. The Morgan fingerprint density at radius 3 is 2.62 bits per heavy atom. The van der Waals surface area contributed by atoms with E-state index in [-0.39, 0.29) is 12.5 Å². The molecule has 1 aromatic carbocycles. The van der Waals surface area contributed by atoms with Gasteiger partial charge in [0.05, 0.1) is 6.54 Å². The van der Waals surface area contributed by atoms with E-state index in [1.807, 2.05) is 42.5 Å². The van der Waals surface area contributed by atoms with Crippen LogP contribution in [0.3, 0.4) is 0 Å². The van der Waals surface area contributed by atoms with E-state index in [4.69, 9.17) is 11.6 Å². The summed E-state index contributed by atoms with van der Waals surface area (Å²) in [5.74, 6) is 0.571. The summed E-state index contributed by atoms with van der Waals surface area (Å²) in [6, 6.07) is 13.4. The highest BCUT2D eigenvalue weighted by Gasteiger charge is 2.10. The van der Waals surface area contributed by atoms with Crippen LogP contribution in [0.2, 0.25) is 5.02 Å². The van der Waals surface area contributed by atoms with E-state index in [0.29, 0.717) is 24.1 Å². The maximum Gasteiger partial charge on any atom is 0.241 e. The average molecular weight is 374 g/mol. The first kappa shape index (κ1) is 19.7. The Morgan fingerprint density at radius 1 is 1.19 bits per heavy atom. The summed E-state index contributed by atoms with van der Waals surface area (Å²) in [6.45, 7) is 1.40. The van der Waals surface area contributed by atoms with Gasteiger partial charge < -0.3 is 15.5 Å². The first-order chi connectivity index (χ1) is 12.6. The van der Waals surface area contributed by atoms with E-state index in [1.54, 1.807) is 25.2 Å². The Morgan fingerprint density at radius 2 is 1.96 bits per heavy atom. The molecule has 26 heavy (non-hydrogen) atoms. The summed E-state index contributed by atoms with van der Waals surface area (Å²) in [5, 5.41) is 6.91. The molecule has 6 nitrogen and oxygen atoms in total. The Hall–Kier alpha value is -2.60. The second kappa shape index (κ2) is 10.4. The molecule has 1 heterocycles. The van der Waals surface area contributed by atoms with E-state index >= 15 is 0 Å². The van der Waals surface area contributed by atoms with Crippen LogP contribution in [0.5, 0.6) is 0 Å². The number of aromatic nitrogens is 1. The van der Waals surface area contributed by atoms with Crippen LogP contribution in [0.1, 0.15) is 11.3 Å². The molecule has 0 bridgehead atoms. The van der Waals surface area contributed by atoms with Gasteiger partial charge in [-0.05, 0) is 29.8 Å². The fourth-order valence-electron chi connectivity index (χ4n) is 2.26. The number of guanidine groups is 1. The van der Waals surface area contributed by atoms with Gasteiger partial charge in [0, 0.05) is 50.5 Å². The summed E-state index contributed by atoms with van der Waals surface area (Å²) in [5.41, 5.74) is 2.05. The maximum atomic E-state index is 12.2. The third-order valence-electron chi connectivity index (χ3n) is 3.86. The van der Waals surface area contributed by atoms with Gasteiger partial charge in [-0.1, -0.05) is 29.8 Å². The number of amides is 1. The fraction of sp³-hybridized carbons (Fsp3) is 0.316. The molecule has 138 valence electrons. The number of carbonyl (C=O) groups is 1. The molecule has 7 heteroatoms. The van der Waals surface area contributed by atoms with Crippen molar-refractivity contribution in [3.05, 3.63) is 64.9 Å². The van der Waals surface area contributed by atoms with Crippen LogP contribution in [-0.4, -0.2) is 48.9 Å². The van der Waals surface area contributed by atoms with Crippen LogP contribution in [0.15, 0.2) is 53.7 Å². The molecule has 0 aliphatic rings. The SMILES string of the molecule is CN=C(NCC(=O)N(C)CCc1ccccn1)NCc1ccc(Cl)cc1. The summed E-state index contributed by atoms with van der Waals surface area (Å²) in [6.07, 6.45) is 2.49. The molecular weight excluding hydrogens is 350 g/mol. The highest BCUT2D eigenvalue weighted by atomic mass is 35.5. The number of benzene rings is 1. The predicted molar refractivity (Wildman–Crippen MR) is 105 cm³/mol. The van der Waals surface area contributed by atoms with Crippen LogP contribution in [0, 0.1) is 0 Å². The summed E-state index contributed by atoms with van der Waals surface area (Å²) in [7, 11) is 3.46. The zero-order valence-corrected chi connectivity index (χ0v) is 15.8. The third kappa shape index (κ3) is 6.72. The van der Waals surface area contributed by atoms with Crippen LogP contribution in [0.4, 0.5) is 0 Å². The van der Waals surface area contributed by atoms with Crippen molar-refractivity contribution in [1.82, 2.24) is 20.5 Å². The summed E-state index contributed by atoms with van der Waals surface area (Å²) < 4.78 is 0. The number of nitrogens with zero attached hydrogens (tertiary/aromatic N) is 3. The van der Waals surface area contributed by atoms with Crippen molar-refractivity contribution in [3.63, 3.8) is 0 Å². The number of carbonyl (C=O) groups excluding carboxylic acids is 1. The van der Waals surface area contributed by atoms with Gasteiger partial charge in [0.25, 0.3) is 0 Å². The predicted octanol–water partition coefficient (Wildman–Crippen LogP) is 2.10. The third-order valence-corrected chi connectivity index (χ3v) is 4.11. The Balaban J connectivity index is 1.72. The smallest absolute Gasteiger partial charge is 0.241 e. The second-order valence-electron chi connectivity index (χ2n) is 5.79. The lowest BCUT2D eigenvalue weighted by atomic mass is 10.2. The van der Waals surface area contributed by atoms with Crippen LogP contribution in [0.25, 0.3) is 0 Å². The van der Waals surface area contributed by atoms with E-state index in [2.05, 4.69) is 20.6 Å². The number of likely N-dealkylation sites (N-methyl/N-ethyl adjacent to an activating group) is 1. The van der Waals surface area contributed by atoms with Crippen molar-refractivity contribution in [2.24, 2.45) is 4.99 Å². The van der Waals surface area contributed by atoms with E-state index < -0.39 is 0 Å². The number of hydrogen-bond donors (Lipinski definition) is 2. The van der Waals surface area contributed by atoms with E-state index in [1.165, 1.54) is 0 Å². The lowest BCUT2D eigenvalue weighted by molar-refractivity contribution is -0.128. The zero-order chi connectivity index (χ0) is 18.8. The van der Waals surface area contributed by atoms with Crippen molar-refractivity contribution in [3.8, 4) is 0 Å². The molecule has 0 atom stereocenters. The quantitative estimate of drug-likeness (QED) is 0.576. The monoisotopic (exact) mass is 373 g/mol. The summed E-state index contributed by atoms with van der Waals surface area (Å²) >= 11 is 5.88. The second-order valence-corrected chi connectivity index (χ2v) is 6.23. The van der Waals surface area contributed by atoms with Crippen LogP contribution >= 0.6 is 11.6 Å². The zero-order valence-electron chi connectivity index (χ0n) is 15.1. The first-order valence-electron chi connectivity index (χ1n) is 8.41. The number of aliphatic imine (C=N–C) groups is 1. The van der Waals surface area contributed by atoms with E-state index in [0.717, 1.165) is 17.7 Å². The number of rotatable bonds is 7. The number of pyridine rings is 1. The van der Waals surface area contributed by atoms with Crippen molar-refractivity contribution >= 4 is 23.5 Å². The molecule has 0 spiro atoms. The van der Waals surface area contributed by atoms with Gasteiger partial charge in [0.2, 0.25) is 5.91 Å². The molecule has 0 unspecified atom stereocenters. The Bertz CT molecular complexity index is 718. The van der Waals surface area contributed by atoms with Crippen LogP contribution < -0.4 is 10.6 Å². The molecule has 1 aromatic heterocycles. The first-order valence-corrected chi connectivity index (χ1v) is 8.79. The van der Waals surface area contributed by atoms with E-state index in [9.17, 15) is 4.79 Å². The van der Waals surface area contributed by atoms with Crippen molar-refractivity contribution in [2.45, 2.75) is 13.0 Å². The maximum absolute atomic E-state index is 12.2. The fourth-order valence-corrected chi connectivity index (χ4v) is 2.38. The minimum Gasteiger partial charge on any atom is -0.352 e. The van der Waals surface area contributed by atoms with Crippen LogP contribution in [-0.2, 0) is 17.8 Å². The topological polar surface area (TPSA) is 69.6 Å². The lowest BCUT2D eigenvalue weighted by Gasteiger charge is -2.18. The molecular formula is C19H24ClN5O. The molecule has 0 fully saturated rings. The molecule has 0 aliphatic carbocycles. The molecule has 0 saturated heterocycles. The number of halogens is 1. The largest absolute Gasteiger partial charge is 0.352 e. The highest BCUT2D eigenvalue weighted by Crippen LogP contribution is 2.09. The standard InChI is InChI=1S/C19H24ClN5O/c1-21-19(23-13-15-6-8-16(20)9-7-15)24-14-18(26)25(2)12-10-17-5-3-4-11-22-17/h3-9,11H,10,12-14H2,1-2H3,(H2,21,23,24). The van der Waals surface area contributed by atoms with Crippen molar-refractivity contribution < 1.29 is 4.79 Å². The Labute approximate surface area is 159 Å². The number of nitrogens with one attached hydrogen (secondary N) is 2. The normalized spacial score (nSPS) is 11.1. The highest BCUT2D eigenvalue weighted by molar-refractivity contribution is 6.30. The average Bonchev–Trinajstić information content (AvgIpc) is 2.68. The molecule has 2 N–H and O–H groups in total. The molecule has 1 amide bonds. The van der Waals surface area contributed by atoms with Crippen molar-refractivity contribution in [2.75, 3.05) is 27.2 Å². The van der Waals surface area contributed by atoms with Gasteiger partial charge in [-0.2, -0.15) is 0 Å². The number of hydrogen-bond acceptors (Lipinski definition) is 3. The molecule has 0 radical (unpaired) electrons. The lowest BCUT2D eigenvalue weighted by Crippen LogP contribution is -2.43. The van der Waals surface area contributed by atoms with Gasteiger partial charge in [-0.25, -0.2) is 0 Å². The van der Waals surface area contributed by atoms with Gasteiger partial charge in [-0.15, -0.1) is 0 Å². The molecule has 2 aromatic rings. The molecule has 0 saturated carbocycles. The summed E-state index contributed by atoms with van der Waals surface area (Å²) in [4.78, 5) is 22.3. The van der Waals surface area contributed by atoms with Gasteiger partial charge in [-0.3, -0.25) is 14.8 Å².